The number of hydrogen-bond acceptors (Lipinski definition) is 5. The zero-order valence-corrected chi connectivity index (χ0v) is 9.86. The third-order valence-corrected chi connectivity index (χ3v) is 3.17. The molecule has 0 saturated heterocycles. The van der Waals surface area contributed by atoms with Crippen molar-refractivity contribution in [1.29, 1.82) is 0 Å². The Morgan fingerprint density at radius 1 is 1.65 bits per heavy atom. The molecular weight excluding hydrogens is 222 g/mol. The van der Waals surface area contributed by atoms with E-state index >= 15 is 0 Å². The fourth-order valence-electron chi connectivity index (χ4n) is 1.94. The molecule has 0 atom stereocenters. The summed E-state index contributed by atoms with van der Waals surface area (Å²) in [4.78, 5) is 11.3. The van der Waals surface area contributed by atoms with E-state index in [2.05, 4.69) is 10.1 Å². The zero-order valence-electron chi connectivity index (χ0n) is 9.86. The monoisotopic (exact) mass is 239 g/mol. The number of nitrogens with one attached hydrogen (secondary N) is 1. The van der Waals surface area contributed by atoms with Crippen LogP contribution >= 0.6 is 0 Å². The number of hydrogen-bond donors (Lipinski definition) is 2. The highest BCUT2D eigenvalue weighted by molar-refractivity contribution is 5.87. The van der Waals surface area contributed by atoms with Crippen molar-refractivity contribution < 1.29 is 19.1 Å². The van der Waals surface area contributed by atoms with Crippen LogP contribution in [0.5, 0.6) is 0 Å². The second-order valence-corrected chi connectivity index (χ2v) is 4.45. The van der Waals surface area contributed by atoms with Crippen molar-refractivity contribution >= 4 is 5.97 Å². The molecule has 5 heteroatoms. The van der Waals surface area contributed by atoms with E-state index in [9.17, 15) is 9.90 Å². The third-order valence-electron chi connectivity index (χ3n) is 3.17. The summed E-state index contributed by atoms with van der Waals surface area (Å²) in [7, 11) is 1.32. The molecule has 1 heterocycles. The maximum Gasteiger partial charge on any atom is 0.374 e. The highest BCUT2D eigenvalue weighted by atomic mass is 16.5. The van der Waals surface area contributed by atoms with Gasteiger partial charge in [-0.3, -0.25) is 0 Å². The summed E-state index contributed by atoms with van der Waals surface area (Å²) in [6, 6.07) is 1.73. The van der Waals surface area contributed by atoms with Gasteiger partial charge >= 0.3 is 5.97 Å². The number of esters is 1. The lowest BCUT2D eigenvalue weighted by Gasteiger charge is -2.36. The molecule has 0 aliphatic heterocycles. The van der Waals surface area contributed by atoms with Gasteiger partial charge in [-0.15, -0.1) is 0 Å². The summed E-state index contributed by atoms with van der Waals surface area (Å²) in [5.74, 6) is -0.255. The van der Waals surface area contributed by atoms with Crippen molar-refractivity contribution in [3.8, 4) is 0 Å². The maximum atomic E-state index is 11.3. The number of rotatable bonds is 5. The maximum absolute atomic E-state index is 11.3. The van der Waals surface area contributed by atoms with E-state index in [4.69, 9.17) is 4.42 Å². The average molecular weight is 239 g/mol. The van der Waals surface area contributed by atoms with Crippen molar-refractivity contribution in [1.82, 2.24) is 5.32 Å². The van der Waals surface area contributed by atoms with Crippen LogP contribution in [-0.4, -0.2) is 30.3 Å². The molecule has 5 nitrogen and oxygen atoms in total. The largest absolute Gasteiger partial charge is 0.463 e. The minimum absolute atomic E-state index is 0.223. The molecule has 1 saturated carbocycles. The lowest BCUT2D eigenvalue weighted by atomic mass is 9.80. The van der Waals surface area contributed by atoms with Gasteiger partial charge in [-0.05, 0) is 25.3 Å². The SMILES string of the molecule is COC(=O)c1occc1CNCC1(O)CCC1. The minimum atomic E-state index is -0.560. The Kier molecular flexibility index (Phi) is 3.49. The van der Waals surface area contributed by atoms with Crippen LogP contribution in [0.3, 0.4) is 0 Å². The highest BCUT2D eigenvalue weighted by Crippen LogP contribution is 2.30. The quantitative estimate of drug-likeness (QED) is 0.752. The number of furan rings is 1. The van der Waals surface area contributed by atoms with E-state index in [0.29, 0.717) is 13.1 Å². The first-order valence-corrected chi connectivity index (χ1v) is 5.72. The lowest BCUT2D eigenvalue weighted by Crippen LogP contribution is -2.46. The van der Waals surface area contributed by atoms with E-state index in [1.807, 2.05) is 0 Å². The van der Waals surface area contributed by atoms with Crippen molar-refractivity contribution in [2.24, 2.45) is 0 Å². The Morgan fingerprint density at radius 2 is 2.41 bits per heavy atom. The minimum Gasteiger partial charge on any atom is -0.463 e. The summed E-state index contributed by atoms with van der Waals surface area (Å²) in [6.45, 7) is 1.03. The third kappa shape index (κ3) is 2.68. The molecule has 94 valence electrons. The van der Waals surface area contributed by atoms with E-state index in [-0.39, 0.29) is 5.76 Å². The summed E-state index contributed by atoms with van der Waals surface area (Å²) in [5.41, 5.74) is 0.189. The van der Waals surface area contributed by atoms with Crippen LogP contribution in [0, 0.1) is 0 Å². The van der Waals surface area contributed by atoms with Gasteiger partial charge in [0.05, 0.1) is 19.0 Å². The molecule has 1 aliphatic carbocycles. The van der Waals surface area contributed by atoms with Crippen LogP contribution in [0.4, 0.5) is 0 Å². The Labute approximate surface area is 99.8 Å². The van der Waals surface area contributed by atoms with Crippen LogP contribution < -0.4 is 5.32 Å². The Balaban J connectivity index is 1.86. The van der Waals surface area contributed by atoms with Crippen LogP contribution in [0.25, 0.3) is 0 Å². The predicted octanol–water partition coefficient (Wildman–Crippen LogP) is 1.07. The number of carbonyl (C=O) groups excluding carboxylic acids is 1. The molecule has 2 rings (SSSR count). The second kappa shape index (κ2) is 4.89. The first-order chi connectivity index (χ1) is 8.14. The van der Waals surface area contributed by atoms with Crippen LogP contribution in [0.15, 0.2) is 16.7 Å². The first kappa shape index (κ1) is 12.1. The smallest absolute Gasteiger partial charge is 0.374 e. The molecule has 1 aliphatic rings. The van der Waals surface area contributed by atoms with Gasteiger partial charge in [0.15, 0.2) is 0 Å². The van der Waals surface area contributed by atoms with E-state index in [0.717, 1.165) is 24.8 Å². The summed E-state index contributed by atoms with van der Waals surface area (Å²) in [6.07, 6.45) is 4.23. The van der Waals surface area contributed by atoms with Gasteiger partial charge in [0, 0.05) is 18.7 Å². The molecule has 0 unspecified atom stereocenters. The fourth-order valence-corrected chi connectivity index (χ4v) is 1.94. The van der Waals surface area contributed by atoms with E-state index in [1.54, 1.807) is 6.07 Å². The van der Waals surface area contributed by atoms with Gasteiger partial charge < -0.3 is 19.6 Å². The Hall–Kier alpha value is -1.33. The molecule has 0 spiro atoms. The number of ether oxygens (including phenoxy) is 1. The van der Waals surface area contributed by atoms with Crippen LogP contribution in [0.1, 0.15) is 35.4 Å². The van der Waals surface area contributed by atoms with Crippen molar-refractivity contribution in [3.05, 3.63) is 23.7 Å². The molecule has 17 heavy (non-hydrogen) atoms. The summed E-state index contributed by atoms with van der Waals surface area (Å²) in [5, 5.41) is 13.0. The molecule has 2 N–H and O–H groups in total. The predicted molar refractivity (Wildman–Crippen MR) is 60.6 cm³/mol. The van der Waals surface area contributed by atoms with Crippen molar-refractivity contribution in [2.45, 2.75) is 31.4 Å². The molecule has 0 radical (unpaired) electrons. The van der Waals surface area contributed by atoms with Gasteiger partial charge in [-0.25, -0.2) is 4.79 Å². The molecule has 1 fully saturated rings. The Bertz CT molecular complexity index is 395. The van der Waals surface area contributed by atoms with Crippen molar-refractivity contribution in [2.75, 3.05) is 13.7 Å². The van der Waals surface area contributed by atoms with Gasteiger partial charge in [0.1, 0.15) is 0 Å². The molecule has 1 aromatic rings. The van der Waals surface area contributed by atoms with Crippen LogP contribution in [-0.2, 0) is 11.3 Å². The second-order valence-electron chi connectivity index (χ2n) is 4.45. The van der Waals surface area contributed by atoms with Crippen molar-refractivity contribution in [3.63, 3.8) is 0 Å². The number of aliphatic hydroxyl groups is 1. The normalized spacial score (nSPS) is 17.5. The summed E-state index contributed by atoms with van der Waals surface area (Å²) < 4.78 is 9.67. The standard InChI is InChI=1S/C12H17NO4/c1-16-11(14)10-9(3-6-17-10)7-13-8-12(15)4-2-5-12/h3,6,13,15H,2,4-5,7-8H2,1H3. The lowest BCUT2D eigenvalue weighted by molar-refractivity contribution is -0.0314. The van der Waals surface area contributed by atoms with E-state index in [1.165, 1.54) is 13.4 Å². The molecule has 1 aromatic heterocycles. The topological polar surface area (TPSA) is 71.7 Å². The zero-order chi connectivity index (χ0) is 12.3. The van der Waals surface area contributed by atoms with Gasteiger partial charge in [-0.1, -0.05) is 0 Å². The first-order valence-electron chi connectivity index (χ1n) is 5.72. The average Bonchev–Trinajstić information content (AvgIpc) is 2.74. The summed E-state index contributed by atoms with van der Waals surface area (Å²) >= 11 is 0. The van der Waals surface area contributed by atoms with Gasteiger partial charge in [0.25, 0.3) is 0 Å². The molecule has 0 amide bonds. The van der Waals surface area contributed by atoms with Gasteiger partial charge in [-0.2, -0.15) is 0 Å². The molecule has 0 bridgehead atoms. The number of methoxy groups -OCH3 is 1. The number of carbonyl (C=O) groups is 1. The molecule has 0 aromatic carbocycles. The van der Waals surface area contributed by atoms with Gasteiger partial charge in [0.2, 0.25) is 5.76 Å². The van der Waals surface area contributed by atoms with Crippen LogP contribution in [0.2, 0.25) is 0 Å². The molecular formula is C12H17NO4. The Morgan fingerprint density at radius 3 is 3.00 bits per heavy atom. The highest BCUT2D eigenvalue weighted by Gasteiger charge is 2.33. The fraction of sp³-hybridized carbons (Fsp3) is 0.583. The van der Waals surface area contributed by atoms with E-state index < -0.39 is 11.6 Å².